The first kappa shape index (κ1) is 11.3. The number of carbonyl (C=O) groups excluding carboxylic acids is 1. The van der Waals surface area contributed by atoms with Crippen LogP contribution in [0.25, 0.3) is 0 Å². The molecule has 0 bridgehead atoms. The van der Waals surface area contributed by atoms with E-state index in [1.807, 2.05) is 6.92 Å². The standard InChI is InChI=1S/C16H19NO2/c1-11-15(18)19-14-13-7-3-5-9-17(13)10-12-6-2-4-8-16(11,12)14/h5,9-11H,2-4,6-8H2,1H3. The fourth-order valence-corrected chi connectivity index (χ4v) is 4.18. The van der Waals surface area contributed by atoms with Crippen molar-refractivity contribution in [2.24, 2.45) is 11.3 Å². The second kappa shape index (κ2) is 3.75. The van der Waals surface area contributed by atoms with Crippen molar-refractivity contribution < 1.29 is 9.53 Å². The molecule has 2 unspecified atom stereocenters. The zero-order valence-electron chi connectivity index (χ0n) is 11.3. The van der Waals surface area contributed by atoms with Crippen molar-refractivity contribution >= 4 is 5.97 Å². The van der Waals surface area contributed by atoms with E-state index in [0.717, 1.165) is 31.4 Å². The molecule has 1 aliphatic carbocycles. The number of fused-ring (bicyclic) bond motifs is 1. The van der Waals surface area contributed by atoms with Gasteiger partial charge in [0.2, 0.25) is 0 Å². The van der Waals surface area contributed by atoms with Crippen LogP contribution in [-0.4, -0.2) is 10.9 Å². The van der Waals surface area contributed by atoms with Crippen LogP contribution < -0.4 is 0 Å². The zero-order chi connectivity index (χ0) is 13.0. The molecule has 100 valence electrons. The molecule has 0 aromatic heterocycles. The Morgan fingerprint density at radius 1 is 1.37 bits per heavy atom. The highest BCUT2D eigenvalue weighted by Gasteiger charge is 2.57. The first-order valence-electron chi connectivity index (χ1n) is 7.35. The maximum atomic E-state index is 12.1. The van der Waals surface area contributed by atoms with Crippen LogP contribution in [0.2, 0.25) is 0 Å². The summed E-state index contributed by atoms with van der Waals surface area (Å²) in [5, 5.41) is 0. The minimum atomic E-state index is -0.105. The van der Waals surface area contributed by atoms with Gasteiger partial charge in [-0.2, -0.15) is 0 Å². The minimum absolute atomic E-state index is 0.0189. The van der Waals surface area contributed by atoms with Crippen molar-refractivity contribution in [3.63, 3.8) is 0 Å². The molecule has 0 aromatic rings. The zero-order valence-corrected chi connectivity index (χ0v) is 11.3. The van der Waals surface area contributed by atoms with Crippen LogP contribution in [0.3, 0.4) is 0 Å². The maximum absolute atomic E-state index is 12.1. The van der Waals surface area contributed by atoms with Gasteiger partial charge in [-0.3, -0.25) is 4.79 Å². The lowest BCUT2D eigenvalue weighted by atomic mass is 9.62. The number of esters is 1. The van der Waals surface area contributed by atoms with E-state index in [9.17, 15) is 4.79 Å². The Labute approximate surface area is 113 Å². The molecule has 1 saturated carbocycles. The SMILES string of the molecule is CC1C(=O)OC2=C3CCC=CN3C=C3CCCCC321. The highest BCUT2D eigenvalue weighted by Crippen LogP contribution is 2.59. The first-order valence-corrected chi connectivity index (χ1v) is 7.35. The number of carbonyl (C=O) groups is 1. The Hall–Kier alpha value is -1.51. The second-order valence-corrected chi connectivity index (χ2v) is 6.08. The van der Waals surface area contributed by atoms with E-state index >= 15 is 0 Å². The molecule has 19 heavy (non-hydrogen) atoms. The van der Waals surface area contributed by atoms with Crippen molar-refractivity contribution in [3.8, 4) is 0 Å². The van der Waals surface area contributed by atoms with E-state index in [1.165, 1.54) is 24.1 Å². The van der Waals surface area contributed by atoms with Gasteiger partial charge in [-0.1, -0.05) is 19.4 Å². The minimum Gasteiger partial charge on any atom is -0.428 e. The summed E-state index contributed by atoms with van der Waals surface area (Å²) in [7, 11) is 0. The van der Waals surface area contributed by atoms with E-state index < -0.39 is 0 Å². The van der Waals surface area contributed by atoms with Crippen LogP contribution in [0.15, 0.2) is 35.5 Å². The summed E-state index contributed by atoms with van der Waals surface area (Å²) in [6.45, 7) is 2.05. The third-order valence-corrected chi connectivity index (χ3v) is 5.22. The fraction of sp³-hybridized carbons (Fsp3) is 0.562. The normalized spacial score (nSPS) is 36.5. The summed E-state index contributed by atoms with van der Waals surface area (Å²) in [5.41, 5.74) is 2.51. The number of hydrogen-bond donors (Lipinski definition) is 0. The maximum Gasteiger partial charge on any atom is 0.315 e. The molecule has 0 aromatic carbocycles. The molecular weight excluding hydrogens is 238 g/mol. The van der Waals surface area contributed by atoms with Crippen LogP contribution in [0.5, 0.6) is 0 Å². The van der Waals surface area contributed by atoms with Crippen LogP contribution in [0.1, 0.15) is 45.4 Å². The molecule has 3 nitrogen and oxygen atoms in total. The summed E-state index contributed by atoms with van der Waals surface area (Å²) in [6, 6.07) is 0. The molecular formula is C16H19NO2. The molecule has 0 amide bonds. The Balaban J connectivity index is 1.94. The molecule has 3 aliphatic heterocycles. The molecule has 2 fully saturated rings. The van der Waals surface area contributed by atoms with Gasteiger partial charge in [0, 0.05) is 12.4 Å². The van der Waals surface area contributed by atoms with E-state index in [-0.39, 0.29) is 17.3 Å². The summed E-state index contributed by atoms with van der Waals surface area (Å²) < 4.78 is 5.73. The predicted octanol–water partition coefficient (Wildman–Crippen LogP) is 3.46. The number of nitrogens with zero attached hydrogens (tertiary/aromatic N) is 1. The highest BCUT2D eigenvalue weighted by atomic mass is 16.5. The molecule has 0 N–H and O–H groups in total. The average Bonchev–Trinajstić information content (AvgIpc) is 2.70. The first-order chi connectivity index (χ1) is 9.23. The Bertz CT molecular complexity index is 543. The number of rotatable bonds is 0. The van der Waals surface area contributed by atoms with Gasteiger partial charge in [0.25, 0.3) is 0 Å². The van der Waals surface area contributed by atoms with Gasteiger partial charge in [-0.05, 0) is 37.7 Å². The van der Waals surface area contributed by atoms with Crippen molar-refractivity contribution in [3.05, 3.63) is 35.5 Å². The summed E-state index contributed by atoms with van der Waals surface area (Å²) >= 11 is 0. The largest absolute Gasteiger partial charge is 0.428 e. The summed E-state index contributed by atoms with van der Waals surface area (Å²) in [4.78, 5) is 14.3. The van der Waals surface area contributed by atoms with Gasteiger partial charge in [-0.25, -0.2) is 0 Å². The Morgan fingerprint density at radius 2 is 2.26 bits per heavy atom. The predicted molar refractivity (Wildman–Crippen MR) is 71.5 cm³/mol. The smallest absolute Gasteiger partial charge is 0.315 e. The lowest BCUT2D eigenvalue weighted by molar-refractivity contribution is -0.139. The molecule has 1 saturated heterocycles. The van der Waals surface area contributed by atoms with Crippen molar-refractivity contribution in [2.75, 3.05) is 0 Å². The fourth-order valence-electron chi connectivity index (χ4n) is 4.18. The molecule has 4 aliphatic rings. The summed E-state index contributed by atoms with van der Waals surface area (Å²) in [5.74, 6) is 0.924. The van der Waals surface area contributed by atoms with E-state index in [0.29, 0.717) is 0 Å². The molecule has 4 rings (SSSR count). The number of allylic oxidation sites excluding steroid dienone is 3. The number of ether oxygens (including phenoxy) is 1. The second-order valence-electron chi connectivity index (χ2n) is 6.08. The molecule has 1 spiro atoms. The lowest BCUT2D eigenvalue weighted by Gasteiger charge is -2.44. The topological polar surface area (TPSA) is 29.5 Å². The highest BCUT2D eigenvalue weighted by molar-refractivity contribution is 5.80. The van der Waals surface area contributed by atoms with Gasteiger partial charge >= 0.3 is 5.97 Å². The number of hydrogen-bond acceptors (Lipinski definition) is 3. The van der Waals surface area contributed by atoms with E-state index in [4.69, 9.17) is 4.74 Å². The van der Waals surface area contributed by atoms with Gasteiger partial charge in [0.05, 0.1) is 17.0 Å². The van der Waals surface area contributed by atoms with Crippen molar-refractivity contribution in [2.45, 2.75) is 45.4 Å². The molecule has 0 radical (unpaired) electrons. The van der Waals surface area contributed by atoms with Gasteiger partial charge in [0.1, 0.15) is 5.76 Å². The third kappa shape index (κ3) is 1.31. The van der Waals surface area contributed by atoms with Crippen LogP contribution in [0.4, 0.5) is 0 Å². The van der Waals surface area contributed by atoms with Crippen molar-refractivity contribution in [1.82, 2.24) is 4.90 Å². The van der Waals surface area contributed by atoms with Gasteiger partial charge in [-0.15, -0.1) is 0 Å². The molecule has 3 heterocycles. The quantitative estimate of drug-likeness (QED) is 0.622. The monoisotopic (exact) mass is 257 g/mol. The van der Waals surface area contributed by atoms with E-state index in [1.54, 1.807) is 0 Å². The van der Waals surface area contributed by atoms with Gasteiger partial charge in [0.15, 0.2) is 0 Å². The third-order valence-electron chi connectivity index (χ3n) is 5.22. The molecule has 3 heteroatoms. The Morgan fingerprint density at radius 3 is 3.16 bits per heavy atom. The molecule has 2 atom stereocenters. The summed E-state index contributed by atoms with van der Waals surface area (Å²) in [6.07, 6.45) is 13.2. The Kier molecular flexibility index (Phi) is 2.23. The van der Waals surface area contributed by atoms with Crippen LogP contribution in [0, 0.1) is 11.3 Å². The van der Waals surface area contributed by atoms with Crippen LogP contribution >= 0.6 is 0 Å². The van der Waals surface area contributed by atoms with Gasteiger partial charge < -0.3 is 9.64 Å². The van der Waals surface area contributed by atoms with E-state index in [2.05, 4.69) is 23.4 Å². The lowest BCUT2D eigenvalue weighted by Crippen LogP contribution is -2.38. The average molecular weight is 257 g/mol. The van der Waals surface area contributed by atoms with Crippen molar-refractivity contribution in [1.29, 1.82) is 0 Å². The van der Waals surface area contributed by atoms with Crippen LogP contribution in [-0.2, 0) is 9.53 Å².